The first-order chi connectivity index (χ1) is 15.4. The topological polar surface area (TPSA) is 139 Å². The summed E-state index contributed by atoms with van der Waals surface area (Å²) in [6.07, 6.45) is 4.25. The number of carbonyl (C=O) groups excluding carboxylic acids is 1. The lowest BCUT2D eigenvalue weighted by Crippen LogP contribution is -2.37. The number of H-pyrrole nitrogens is 1. The Labute approximate surface area is 186 Å². The zero-order valence-corrected chi connectivity index (χ0v) is 18.3. The van der Waals surface area contributed by atoms with E-state index in [0.29, 0.717) is 38.2 Å². The lowest BCUT2D eigenvalue weighted by atomic mass is 9.84. The van der Waals surface area contributed by atoms with Crippen molar-refractivity contribution in [1.29, 1.82) is 0 Å². The van der Waals surface area contributed by atoms with Gasteiger partial charge in [0.25, 0.3) is 5.09 Å². The Bertz CT molecular complexity index is 902. The fourth-order valence-corrected chi connectivity index (χ4v) is 4.18. The van der Waals surface area contributed by atoms with Crippen LogP contribution in [0.2, 0.25) is 0 Å². The van der Waals surface area contributed by atoms with E-state index in [9.17, 15) is 20.0 Å². The monoisotopic (exact) mass is 448 g/mol. The number of aliphatic hydroxyl groups excluding tert-OH is 1. The molecule has 1 aliphatic carbocycles. The van der Waals surface area contributed by atoms with E-state index < -0.39 is 17.5 Å². The summed E-state index contributed by atoms with van der Waals surface area (Å²) in [5.74, 6) is 0.389. The van der Waals surface area contributed by atoms with Gasteiger partial charge in [0.15, 0.2) is 6.29 Å². The van der Waals surface area contributed by atoms with Crippen LogP contribution < -0.4 is 15.4 Å². The molecule has 0 radical (unpaired) electrons. The molecule has 0 saturated heterocycles. The van der Waals surface area contributed by atoms with Crippen LogP contribution >= 0.6 is 0 Å². The third-order valence-electron chi connectivity index (χ3n) is 5.74. The minimum Gasteiger partial charge on any atom is -0.464 e. The molecule has 1 aromatic heterocycles. The van der Waals surface area contributed by atoms with E-state index in [2.05, 4.69) is 15.6 Å². The number of rotatable bonds is 12. The van der Waals surface area contributed by atoms with Gasteiger partial charge in [-0.15, -0.1) is 10.1 Å². The Balaban J connectivity index is 1.30. The first kappa shape index (κ1) is 23.8. The number of nitrogens with one attached hydrogen (secondary N) is 3. The number of aromatic nitrogens is 1. The van der Waals surface area contributed by atoms with Crippen LogP contribution in [0.5, 0.6) is 5.75 Å². The van der Waals surface area contributed by atoms with Crippen molar-refractivity contribution in [3.8, 4) is 5.75 Å². The highest BCUT2D eigenvalue weighted by atomic mass is 17.0. The van der Waals surface area contributed by atoms with E-state index in [1.54, 1.807) is 0 Å². The molecular formula is C22H32N4O6. The Morgan fingerprint density at radius 1 is 1.31 bits per heavy atom. The molecule has 1 saturated carbocycles. The van der Waals surface area contributed by atoms with Crippen LogP contribution in [0.3, 0.4) is 0 Å². The normalized spacial score (nSPS) is 19.4. The lowest BCUT2D eigenvalue weighted by Gasteiger charge is -2.29. The van der Waals surface area contributed by atoms with E-state index >= 15 is 0 Å². The Morgan fingerprint density at radius 3 is 2.94 bits per heavy atom. The first-order valence-corrected chi connectivity index (χ1v) is 11.1. The molecule has 3 rings (SSSR count). The number of aryl methyl sites for hydroxylation is 1. The summed E-state index contributed by atoms with van der Waals surface area (Å²) in [7, 11) is 0. The van der Waals surface area contributed by atoms with Crippen molar-refractivity contribution in [3.05, 3.63) is 40.1 Å². The van der Waals surface area contributed by atoms with E-state index in [1.165, 1.54) is 0 Å². The number of aromatic amines is 1. The number of amides is 1. The summed E-state index contributed by atoms with van der Waals surface area (Å²) in [6.45, 7) is 3.48. The van der Waals surface area contributed by atoms with Gasteiger partial charge in [0, 0.05) is 49.6 Å². The summed E-state index contributed by atoms with van der Waals surface area (Å²) in [5.41, 5.74) is 2.01. The molecule has 1 amide bonds. The Kier molecular flexibility index (Phi) is 8.69. The average Bonchev–Trinajstić information content (AvgIpc) is 3.20. The molecule has 1 aliphatic rings. The van der Waals surface area contributed by atoms with Crippen molar-refractivity contribution in [3.63, 3.8) is 0 Å². The highest BCUT2D eigenvalue weighted by Crippen LogP contribution is 2.29. The Morgan fingerprint density at radius 2 is 2.12 bits per heavy atom. The number of fused-ring (bicyclic) bond motifs is 1. The highest BCUT2D eigenvalue weighted by molar-refractivity contribution is 5.86. The summed E-state index contributed by atoms with van der Waals surface area (Å²) in [4.78, 5) is 30.7. The van der Waals surface area contributed by atoms with Crippen LogP contribution in [0.15, 0.2) is 24.4 Å². The van der Waals surface area contributed by atoms with Gasteiger partial charge in [-0.05, 0) is 49.4 Å². The molecule has 1 aromatic carbocycles. The van der Waals surface area contributed by atoms with Gasteiger partial charge >= 0.3 is 0 Å². The van der Waals surface area contributed by atoms with E-state index in [-0.39, 0.29) is 18.2 Å². The fourth-order valence-electron chi connectivity index (χ4n) is 4.18. The maximum atomic E-state index is 12.2. The van der Waals surface area contributed by atoms with Gasteiger partial charge in [-0.1, -0.05) is 12.8 Å². The molecular weight excluding hydrogens is 416 g/mol. The number of nitrogens with zero attached hydrogens (tertiary/aromatic N) is 1. The van der Waals surface area contributed by atoms with Gasteiger partial charge in [-0.3, -0.25) is 4.79 Å². The van der Waals surface area contributed by atoms with Crippen LogP contribution in [-0.2, 0) is 9.63 Å². The summed E-state index contributed by atoms with van der Waals surface area (Å²) in [6, 6.07) is 5.83. The molecule has 2 aromatic rings. The van der Waals surface area contributed by atoms with Gasteiger partial charge in [0.05, 0.1) is 0 Å². The second-order valence-electron chi connectivity index (χ2n) is 8.28. The van der Waals surface area contributed by atoms with Crippen LogP contribution in [0.4, 0.5) is 0 Å². The standard InChI is InChI=1S/C22H32N4O6/c1-15-12-18-17(6-9-24-18)20(13-15)31-22(28)7-8-23-10-11-25-21(27)14-16-4-2-3-5-19(16)32-26(29)30/h6,9,12-13,16,19,22-24,28H,2-5,7-8,10-11,14H2,1H3,(H,25,27). The lowest BCUT2D eigenvalue weighted by molar-refractivity contribution is -0.771. The van der Waals surface area contributed by atoms with Crippen LogP contribution in [0.1, 0.15) is 44.1 Å². The average molecular weight is 449 g/mol. The predicted octanol–water partition coefficient (Wildman–Crippen LogP) is 2.43. The Hall–Kier alpha value is -2.85. The molecule has 0 aliphatic heterocycles. The number of hydrogen-bond donors (Lipinski definition) is 4. The molecule has 4 N–H and O–H groups in total. The molecule has 32 heavy (non-hydrogen) atoms. The van der Waals surface area contributed by atoms with E-state index in [4.69, 9.17) is 9.57 Å². The molecule has 3 atom stereocenters. The van der Waals surface area contributed by atoms with Gasteiger partial charge < -0.3 is 30.3 Å². The number of ether oxygens (including phenoxy) is 1. The summed E-state index contributed by atoms with van der Waals surface area (Å²) >= 11 is 0. The summed E-state index contributed by atoms with van der Waals surface area (Å²) < 4.78 is 5.70. The van der Waals surface area contributed by atoms with Gasteiger partial charge in [-0.2, -0.15) is 0 Å². The van der Waals surface area contributed by atoms with Crippen molar-refractivity contribution in [2.45, 2.75) is 57.8 Å². The fraction of sp³-hybridized carbons (Fsp3) is 0.591. The third kappa shape index (κ3) is 7.10. The highest BCUT2D eigenvalue weighted by Gasteiger charge is 2.29. The minimum absolute atomic E-state index is 0.123. The molecule has 0 spiro atoms. The molecule has 0 bridgehead atoms. The zero-order chi connectivity index (χ0) is 22.9. The molecule has 10 heteroatoms. The van der Waals surface area contributed by atoms with Crippen LogP contribution in [0, 0.1) is 23.0 Å². The zero-order valence-electron chi connectivity index (χ0n) is 18.3. The smallest absolute Gasteiger partial charge is 0.294 e. The van der Waals surface area contributed by atoms with Gasteiger partial charge in [-0.25, -0.2) is 0 Å². The molecule has 176 valence electrons. The molecule has 10 nitrogen and oxygen atoms in total. The number of benzene rings is 1. The number of carbonyl (C=O) groups is 1. The van der Waals surface area contributed by atoms with Crippen molar-refractivity contribution in [2.75, 3.05) is 19.6 Å². The van der Waals surface area contributed by atoms with Gasteiger partial charge in [0.1, 0.15) is 11.9 Å². The number of hydrogen-bond acceptors (Lipinski definition) is 7. The van der Waals surface area contributed by atoms with Gasteiger partial charge in [0.2, 0.25) is 5.91 Å². The minimum atomic E-state index is -0.943. The second kappa shape index (κ2) is 11.7. The van der Waals surface area contributed by atoms with Crippen molar-refractivity contribution in [2.24, 2.45) is 5.92 Å². The van der Waals surface area contributed by atoms with Crippen molar-refractivity contribution in [1.82, 2.24) is 15.6 Å². The largest absolute Gasteiger partial charge is 0.464 e. The maximum absolute atomic E-state index is 12.2. The SMILES string of the molecule is Cc1cc(OC(O)CCNCCNC(=O)CC2CCCCC2O[N+](=O)[O-])c2cc[nH]c2c1. The number of aliphatic hydroxyl groups is 1. The van der Waals surface area contributed by atoms with Crippen molar-refractivity contribution >= 4 is 16.8 Å². The van der Waals surface area contributed by atoms with E-state index in [1.807, 2.05) is 31.3 Å². The summed E-state index contributed by atoms with van der Waals surface area (Å²) in [5, 5.41) is 27.0. The third-order valence-corrected chi connectivity index (χ3v) is 5.74. The first-order valence-electron chi connectivity index (χ1n) is 11.1. The van der Waals surface area contributed by atoms with E-state index in [0.717, 1.165) is 35.7 Å². The molecule has 1 fully saturated rings. The predicted molar refractivity (Wildman–Crippen MR) is 119 cm³/mol. The quantitative estimate of drug-likeness (QED) is 0.169. The second-order valence-corrected chi connectivity index (χ2v) is 8.28. The van der Waals surface area contributed by atoms with Crippen LogP contribution in [-0.4, -0.2) is 53.1 Å². The van der Waals surface area contributed by atoms with Crippen LogP contribution in [0.25, 0.3) is 10.9 Å². The van der Waals surface area contributed by atoms with Crippen molar-refractivity contribution < 1.29 is 24.6 Å². The maximum Gasteiger partial charge on any atom is 0.294 e. The molecule has 1 heterocycles. The molecule has 3 unspecified atom stereocenters.